The fraction of sp³-hybridized carbons (Fsp3) is 0.421. The zero-order valence-corrected chi connectivity index (χ0v) is 13.2. The average molecular weight is 296 g/mol. The van der Waals surface area contributed by atoms with Gasteiger partial charge in [-0.05, 0) is 56.5 Å². The molecule has 1 aromatic heterocycles. The normalized spacial score (nSPS) is 20.2. The molecule has 116 valence electrons. The molecule has 2 heterocycles. The second-order valence-electron chi connectivity index (χ2n) is 6.27. The van der Waals surface area contributed by atoms with Gasteiger partial charge in [0.1, 0.15) is 0 Å². The van der Waals surface area contributed by atoms with Crippen molar-refractivity contribution in [3.63, 3.8) is 0 Å². The fourth-order valence-corrected chi connectivity index (χ4v) is 3.36. The summed E-state index contributed by atoms with van der Waals surface area (Å²) < 4.78 is 0. The molecule has 3 nitrogen and oxygen atoms in total. The zero-order chi connectivity index (χ0) is 15.4. The SMILES string of the molecule is CC(O)CC1CCCN1Cc1cccc(-c2ccccn2)c1. The Hall–Kier alpha value is -1.71. The fourth-order valence-electron chi connectivity index (χ4n) is 3.36. The van der Waals surface area contributed by atoms with Crippen LogP contribution in [0.5, 0.6) is 0 Å². The third-order valence-electron chi connectivity index (χ3n) is 4.39. The number of benzene rings is 1. The van der Waals surface area contributed by atoms with Crippen molar-refractivity contribution in [3.05, 3.63) is 54.2 Å². The van der Waals surface area contributed by atoms with Gasteiger partial charge in [-0.1, -0.05) is 24.3 Å². The van der Waals surface area contributed by atoms with Crippen molar-refractivity contribution in [1.82, 2.24) is 9.88 Å². The number of nitrogens with zero attached hydrogens (tertiary/aromatic N) is 2. The largest absolute Gasteiger partial charge is 0.393 e. The van der Waals surface area contributed by atoms with Crippen molar-refractivity contribution in [1.29, 1.82) is 0 Å². The van der Waals surface area contributed by atoms with Crippen LogP contribution in [0.2, 0.25) is 0 Å². The molecule has 1 aliphatic rings. The molecule has 0 aliphatic carbocycles. The smallest absolute Gasteiger partial charge is 0.0702 e. The van der Waals surface area contributed by atoms with Gasteiger partial charge in [-0.25, -0.2) is 0 Å². The second-order valence-corrected chi connectivity index (χ2v) is 6.27. The summed E-state index contributed by atoms with van der Waals surface area (Å²) in [5.74, 6) is 0. The number of aliphatic hydroxyl groups is 1. The van der Waals surface area contributed by atoms with E-state index in [-0.39, 0.29) is 6.10 Å². The minimum absolute atomic E-state index is 0.217. The van der Waals surface area contributed by atoms with Crippen molar-refractivity contribution in [2.24, 2.45) is 0 Å². The number of pyridine rings is 1. The maximum Gasteiger partial charge on any atom is 0.0702 e. The molecule has 2 unspecified atom stereocenters. The van der Waals surface area contributed by atoms with Gasteiger partial charge in [0.25, 0.3) is 0 Å². The molecule has 0 bridgehead atoms. The predicted molar refractivity (Wildman–Crippen MR) is 89.4 cm³/mol. The molecule has 2 atom stereocenters. The van der Waals surface area contributed by atoms with Gasteiger partial charge < -0.3 is 5.11 Å². The van der Waals surface area contributed by atoms with E-state index in [0.29, 0.717) is 6.04 Å². The van der Waals surface area contributed by atoms with Crippen LogP contribution in [-0.2, 0) is 6.54 Å². The summed E-state index contributed by atoms with van der Waals surface area (Å²) in [6.45, 7) is 3.97. The van der Waals surface area contributed by atoms with E-state index < -0.39 is 0 Å². The number of likely N-dealkylation sites (tertiary alicyclic amines) is 1. The van der Waals surface area contributed by atoms with E-state index in [4.69, 9.17) is 0 Å². The van der Waals surface area contributed by atoms with Crippen molar-refractivity contribution >= 4 is 0 Å². The van der Waals surface area contributed by atoms with Crippen LogP contribution in [-0.4, -0.2) is 33.7 Å². The Kier molecular flexibility index (Phi) is 4.86. The quantitative estimate of drug-likeness (QED) is 0.917. The summed E-state index contributed by atoms with van der Waals surface area (Å²) >= 11 is 0. The van der Waals surface area contributed by atoms with Gasteiger partial charge in [-0.3, -0.25) is 9.88 Å². The lowest BCUT2D eigenvalue weighted by molar-refractivity contribution is 0.131. The molecular formula is C19H24N2O. The van der Waals surface area contributed by atoms with Gasteiger partial charge >= 0.3 is 0 Å². The number of aliphatic hydroxyl groups excluding tert-OH is 1. The third kappa shape index (κ3) is 3.73. The summed E-state index contributed by atoms with van der Waals surface area (Å²) in [6.07, 6.45) is 4.92. The molecule has 2 aromatic rings. The number of aromatic nitrogens is 1. The molecule has 0 saturated carbocycles. The van der Waals surface area contributed by atoms with Crippen LogP contribution < -0.4 is 0 Å². The lowest BCUT2D eigenvalue weighted by atomic mass is 10.1. The first-order valence-electron chi connectivity index (χ1n) is 8.15. The first-order valence-corrected chi connectivity index (χ1v) is 8.15. The van der Waals surface area contributed by atoms with Gasteiger partial charge in [0, 0.05) is 24.3 Å². The summed E-state index contributed by atoms with van der Waals surface area (Å²) in [5.41, 5.74) is 3.51. The molecule has 0 radical (unpaired) electrons. The highest BCUT2D eigenvalue weighted by atomic mass is 16.3. The van der Waals surface area contributed by atoms with Crippen molar-refractivity contribution < 1.29 is 5.11 Å². The standard InChI is InChI=1S/C19H24N2O/c1-15(22)12-18-8-5-11-21(18)14-16-6-4-7-17(13-16)19-9-2-3-10-20-19/h2-4,6-7,9-10,13,15,18,22H,5,8,11-12,14H2,1H3. The lowest BCUT2D eigenvalue weighted by Gasteiger charge is -2.25. The second kappa shape index (κ2) is 7.03. The highest BCUT2D eigenvalue weighted by Gasteiger charge is 2.25. The molecule has 1 saturated heterocycles. The number of rotatable bonds is 5. The first-order chi connectivity index (χ1) is 10.7. The molecular weight excluding hydrogens is 272 g/mol. The van der Waals surface area contributed by atoms with Crippen LogP contribution in [0.25, 0.3) is 11.3 Å². The maximum atomic E-state index is 9.65. The minimum Gasteiger partial charge on any atom is -0.393 e. The van der Waals surface area contributed by atoms with Gasteiger partial charge in [-0.15, -0.1) is 0 Å². The van der Waals surface area contributed by atoms with E-state index >= 15 is 0 Å². The zero-order valence-electron chi connectivity index (χ0n) is 13.2. The molecule has 22 heavy (non-hydrogen) atoms. The monoisotopic (exact) mass is 296 g/mol. The number of hydrogen-bond donors (Lipinski definition) is 1. The summed E-state index contributed by atoms with van der Waals surface area (Å²) in [6, 6.07) is 15.2. The predicted octanol–water partition coefficient (Wildman–Crippen LogP) is 3.48. The highest BCUT2D eigenvalue weighted by Crippen LogP contribution is 2.25. The third-order valence-corrected chi connectivity index (χ3v) is 4.39. The Morgan fingerprint density at radius 1 is 1.27 bits per heavy atom. The Morgan fingerprint density at radius 2 is 2.18 bits per heavy atom. The van der Waals surface area contributed by atoms with Crippen LogP contribution in [0.1, 0.15) is 31.7 Å². The van der Waals surface area contributed by atoms with E-state index in [1.165, 1.54) is 24.0 Å². The van der Waals surface area contributed by atoms with Crippen LogP contribution in [0.15, 0.2) is 48.7 Å². The molecule has 1 fully saturated rings. The van der Waals surface area contributed by atoms with E-state index in [2.05, 4.69) is 34.1 Å². The van der Waals surface area contributed by atoms with Crippen LogP contribution >= 0.6 is 0 Å². The number of hydrogen-bond acceptors (Lipinski definition) is 3. The lowest BCUT2D eigenvalue weighted by Crippen LogP contribution is -2.31. The molecule has 1 aromatic carbocycles. The minimum atomic E-state index is -0.217. The summed E-state index contributed by atoms with van der Waals surface area (Å²) in [7, 11) is 0. The van der Waals surface area contributed by atoms with Gasteiger partial charge in [0.05, 0.1) is 11.8 Å². The Labute approximate surface area is 132 Å². The highest BCUT2D eigenvalue weighted by molar-refractivity contribution is 5.59. The summed E-state index contributed by atoms with van der Waals surface area (Å²) in [4.78, 5) is 6.93. The van der Waals surface area contributed by atoms with Crippen LogP contribution in [0.4, 0.5) is 0 Å². The molecule has 0 spiro atoms. The van der Waals surface area contributed by atoms with Gasteiger partial charge in [0.2, 0.25) is 0 Å². The molecule has 3 rings (SSSR count). The Balaban J connectivity index is 1.73. The molecule has 0 amide bonds. The molecule has 1 aliphatic heterocycles. The first kappa shape index (κ1) is 15.2. The van der Waals surface area contributed by atoms with Gasteiger partial charge in [0.15, 0.2) is 0 Å². The average Bonchev–Trinajstić information content (AvgIpc) is 2.95. The summed E-state index contributed by atoms with van der Waals surface area (Å²) in [5, 5.41) is 9.65. The maximum absolute atomic E-state index is 9.65. The Morgan fingerprint density at radius 3 is 2.95 bits per heavy atom. The van der Waals surface area contributed by atoms with E-state index in [9.17, 15) is 5.11 Å². The van der Waals surface area contributed by atoms with Crippen LogP contribution in [0, 0.1) is 0 Å². The Bertz CT molecular complexity index is 597. The van der Waals surface area contributed by atoms with E-state index in [1.807, 2.05) is 31.3 Å². The molecule has 1 N–H and O–H groups in total. The van der Waals surface area contributed by atoms with Crippen molar-refractivity contribution in [2.45, 2.75) is 44.9 Å². The van der Waals surface area contributed by atoms with Crippen molar-refractivity contribution in [2.75, 3.05) is 6.54 Å². The van der Waals surface area contributed by atoms with Crippen LogP contribution in [0.3, 0.4) is 0 Å². The van der Waals surface area contributed by atoms with Gasteiger partial charge in [-0.2, -0.15) is 0 Å². The van der Waals surface area contributed by atoms with E-state index in [0.717, 1.165) is 25.2 Å². The topological polar surface area (TPSA) is 36.4 Å². The van der Waals surface area contributed by atoms with E-state index in [1.54, 1.807) is 0 Å². The van der Waals surface area contributed by atoms with Crippen molar-refractivity contribution in [3.8, 4) is 11.3 Å². The molecule has 3 heteroatoms.